The summed E-state index contributed by atoms with van der Waals surface area (Å²) in [6, 6.07) is 16.5. The molecule has 0 radical (unpaired) electrons. The summed E-state index contributed by atoms with van der Waals surface area (Å²) in [4.78, 5) is 11.7. The average Bonchev–Trinajstić information content (AvgIpc) is 2.86. The van der Waals surface area contributed by atoms with Crippen molar-refractivity contribution in [3.63, 3.8) is 0 Å². The predicted octanol–water partition coefficient (Wildman–Crippen LogP) is 3.48. The number of amides is 1. The molecule has 0 unspecified atom stereocenters. The van der Waals surface area contributed by atoms with Crippen LogP contribution in [0.4, 0.5) is 4.79 Å². The van der Waals surface area contributed by atoms with Crippen LogP contribution in [0.15, 0.2) is 53.6 Å². The van der Waals surface area contributed by atoms with Crippen LogP contribution >= 0.6 is 0 Å². The molecule has 0 saturated heterocycles. The molecule has 3 rings (SSSR count). The molecule has 0 aliphatic heterocycles. The summed E-state index contributed by atoms with van der Waals surface area (Å²) in [5.41, 5.74) is 4.81. The van der Waals surface area contributed by atoms with Crippen molar-refractivity contribution in [2.45, 2.75) is 5.92 Å². The zero-order chi connectivity index (χ0) is 14.8. The van der Waals surface area contributed by atoms with Crippen molar-refractivity contribution in [2.75, 3.05) is 13.7 Å². The summed E-state index contributed by atoms with van der Waals surface area (Å²) in [6.45, 7) is 3.61. The van der Waals surface area contributed by atoms with E-state index in [2.05, 4.69) is 36.1 Å². The average molecular weight is 280 g/mol. The van der Waals surface area contributed by atoms with E-state index < -0.39 is 6.09 Å². The van der Waals surface area contributed by atoms with Gasteiger partial charge in [0.2, 0.25) is 0 Å². The third-order valence-electron chi connectivity index (χ3n) is 3.81. The number of fused-ring (bicyclic) bond motifs is 3. The van der Waals surface area contributed by atoms with Gasteiger partial charge in [0.1, 0.15) is 6.61 Å². The van der Waals surface area contributed by atoms with Crippen LogP contribution in [0.1, 0.15) is 17.0 Å². The van der Waals surface area contributed by atoms with E-state index in [9.17, 15) is 4.79 Å². The first-order chi connectivity index (χ1) is 10.2. The fourth-order valence-corrected chi connectivity index (χ4v) is 2.75. The Morgan fingerprint density at radius 2 is 1.67 bits per heavy atom. The van der Waals surface area contributed by atoms with Gasteiger partial charge in [0.15, 0.2) is 0 Å². The van der Waals surface area contributed by atoms with Gasteiger partial charge in [-0.2, -0.15) is 5.10 Å². The van der Waals surface area contributed by atoms with Gasteiger partial charge in [0.05, 0.1) is 0 Å². The van der Waals surface area contributed by atoms with E-state index in [1.54, 1.807) is 0 Å². The molecule has 106 valence electrons. The van der Waals surface area contributed by atoms with E-state index in [-0.39, 0.29) is 5.92 Å². The van der Waals surface area contributed by atoms with Crippen molar-refractivity contribution in [2.24, 2.45) is 5.10 Å². The third kappa shape index (κ3) is 2.29. The van der Waals surface area contributed by atoms with E-state index in [0.717, 1.165) is 5.01 Å². The van der Waals surface area contributed by atoms with Crippen LogP contribution < -0.4 is 0 Å². The number of hydrazone groups is 1. The molecule has 0 heterocycles. The summed E-state index contributed by atoms with van der Waals surface area (Å²) in [7, 11) is 1.52. The van der Waals surface area contributed by atoms with Crippen LogP contribution in [-0.4, -0.2) is 31.5 Å². The molecule has 0 spiro atoms. The maximum absolute atomic E-state index is 11.7. The molecule has 1 amide bonds. The van der Waals surface area contributed by atoms with Crippen LogP contribution in [0.5, 0.6) is 0 Å². The highest BCUT2D eigenvalue weighted by molar-refractivity contribution is 5.79. The molecule has 0 bridgehead atoms. The van der Waals surface area contributed by atoms with Gasteiger partial charge < -0.3 is 4.74 Å². The number of ether oxygens (including phenoxy) is 1. The first kappa shape index (κ1) is 13.4. The zero-order valence-corrected chi connectivity index (χ0v) is 11.8. The number of rotatable bonds is 3. The van der Waals surface area contributed by atoms with Crippen LogP contribution in [0.2, 0.25) is 0 Å². The molecule has 0 atom stereocenters. The Labute approximate surface area is 123 Å². The highest BCUT2D eigenvalue weighted by Gasteiger charge is 2.29. The maximum atomic E-state index is 11.7. The highest BCUT2D eigenvalue weighted by Crippen LogP contribution is 2.44. The Kier molecular flexibility index (Phi) is 3.44. The van der Waals surface area contributed by atoms with E-state index in [1.807, 2.05) is 24.3 Å². The number of carbonyl (C=O) groups is 1. The Morgan fingerprint density at radius 3 is 2.19 bits per heavy atom. The summed E-state index contributed by atoms with van der Waals surface area (Å²) >= 11 is 0. The minimum Gasteiger partial charge on any atom is -0.447 e. The van der Waals surface area contributed by atoms with Crippen molar-refractivity contribution >= 4 is 12.8 Å². The number of nitrogens with zero attached hydrogens (tertiary/aromatic N) is 2. The molecule has 0 fully saturated rings. The lowest BCUT2D eigenvalue weighted by Crippen LogP contribution is -2.23. The van der Waals surface area contributed by atoms with Crippen LogP contribution in [-0.2, 0) is 4.74 Å². The molecular weight excluding hydrogens is 264 g/mol. The zero-order valence-electron chi connectivity index (χ0n) is 11.8. The number of hydrogen-bond acceptors (Lipinski definition) is 3. The van der Waals surface area contributed by atoms with Gasteiger partial charge in [0.25, 0.3) is 0 Å². The fourth-order valence-electron chi connectivity index (χ4n) is 2.75. The summed E-state index contributed by atoms with van der Waals surface area (Å²) in [5, 5.41) is 4.62. The fraction of sp³-hybridized carbons (Fsp3) is 0.176. The first-order valence-corrected chi connectivity index (χ1v) is 6.77. The van der Waals surface area contributed by atoms with E-state index >= 15 is 0 Å². The Balaban J connectivity index is 1.89. The lowest BCUT2D eigenvalue weighted by Gasteiger charge is -2.16. The van der Waals surface area contributed by atoms with Gasteiger partial charge in [-0.25, -0.2) is 9.80 Å². The van der Waals surface area contributed by atoms with E-state index in [1.165, 1.54) is 29.3 Å². The molecule has 4 heteroatoms. The van der Waals surface area contributed by atoms with Crippen molar-refractivity contribution in [3.8, 4) is 11.1 Å². The largest absolute Gasteiger partial charge is 0.447 e. The quantitative estimate of drug-likeness (QED) is 0.638. The second kappa shape index (κ2) is 5.40. The van der Waals surface area contributed by atoms with Gasteiger partial charge in [-0.1, -0.05) is 48.5 Å². The lowest BCUT2D eigenvalue weighted by molar-refractivity contribution is 0.110. The molecule has 0 saturated carbocycles. The standard InChI is InChI=1S/C17H16N2O2/c1-18-19(2)17(20)21-11-16-14-9-5-3-7-12(14)13-8-4-6-10-15(13)16/h3-10,16H,1,11H2,2H3. The van der Waals surface area contributed by atoms with Gasteiger partial charge in [-0.15, -0.1) is 0 Å². The Hall–Kier alpha value is -2.62. The van der Waals surface area contributed by atoms with Crippen molar-refractivity contribution in [1.29, 1.82) is 0 Å². The SMILES string of the molecule is C=NN(C)C(=O)OCC1c2ccccc2-c2ccccc21. The maximum Gasteiger partial charge on any atom is 0.430 e. The number of carbonyl (C=O) groups excluding carboxylic acids is 1. The van der Waals surface area contributed by atoms with Gasteiger partial charge in [0, 0.05) is 19.7 Å². The minimum absolute atomic E-state index is 0.0690. The molecule has 0 aromatic heterocycles. The third-order valence-corrected chi connectivity index (χ3v) is 3.81. The summed E-state index contributed by atoms with van der Waals surface area (Å²) in [6.07, 6.45) is -0.494. The van der Waals surface area contributed by atoms with Gasteiger partial charge in [-0.3, -0.25) is 0 Å². The topological polar surface area (TPSA) is 41.9 Å². The number of benzene rings is 2. The molecular formula is C17H16N2O2. The van der Waals surface area contributed by atoms with E-state index in [0.29, 0.717) is 6.61 Å². The normalized spacial score (nSPS) is 12.4. The molecule has 2 aromatic rings. The molecule has 4 nitrogen and oxygen atoms in total. The number of hydrogen-bond donors (Lipinski definition) is 0. The van der Waals surface area contributed by atoms with Gasteiger partial charge in [-0.05, 0) is 22.3 Å². The smallest absolute Gasteiger partial charge is 0.430 e. The Morgan fingerprint density at radius 1 is 1.14 bits per heavy atom. The van der Waals surface area contributed by atoms with Crippen molar-refractivity contribution in [3.05, 3.63) is 59.7 Å². The van der Waals surface area contributed by atoms with Crippen molar-refractivity contribution < 1.29 is 9.53 Å². The van der Waals surface area contributed by atoms with Crippen molar-refractivity contribution in [1.82, 2.24) is 5.01 Å². The lowest BCUT2D eigenvalue weighted by atomic mass is 9.98. The molecule has 1 aliphatic rings. The van der Waals surface area contributed by atoms with Crippen LogP contribution in [0, 0.1) is 0 Å². The second-order valence-corrected chi connectivity index (χ2v) is 4.97. The summed E-state index contributed by atoms with van der Waals surface area (Å²) < 4.78 is 5.35. The molecule has 21 heavy (non-hydrogen) atoms. The monoisotopic (exact) mass is 280 g/mol. The highest BCUT2D eigenvalue weighted by atomic mass is 16.6. The first-order valence-electron chi connectivity index (χ1n) is 6.77. The van der Waals surface area contributed by atoms with E-state index in [4.69, 9.17) is 4.74 Å². The molecule has 2 aromatic carbocycles. The Bertz CT molecular complexity index is 651. The van der Waals surface area contributed by atoms with Crippen LogP contribution in [0.25, 0.3) is 11.1 Å². The molecule has 0 N–H and O–H groups in total. The summed E-state index contributed by atoms with van der Waals surface area (Å²) in [5.74, 6) is 0.0690. The van der Waals surface area contributed by atoms with Gasteiger partial charge >= 0.3 is 6.09 Å². The predicted molar refractivity (Wildman–Crippen MR) is 82.4 cm³/mol. The second-order valence-electron chi connectivity index (χ2n) is 4.97. The minimum atomic E-state index is -0.494. The van der Waals surface area contributed by atoms with Crippen LogP contribution in [0.3, 0.4) is 0 Å². The molecule has 1 aliphatic carbocycles.